The van der Waals surface area contributed by atoms with Gasteiger partial charge in [-0.1, -0.05) is 50.4 Å². The first-order chi connectivity index (χ1) is 8.26. The van der Waals surface area contributed by atoms with E-state index < -0.39 is 5.79 Å². The maximum atomic E-state index is 5.76. The molecular formula is C15H20O2. The number of hydrogen-bond acceptors (Lipinski definition) is 2. The lowest BCUT2D eigenvalue weighted by molar-refractivity contribution is -0.172. The molecule has 0 saturated heterocycles. The van der Waals surface area contributed by atoms with Gasteiger partial charge in [0.15, 0.2) is 0 Å². The summed E-state index contributed by atoms with van der Waals surface area (Å²) in [5, 5.41) is 0. The Bertz CT molecular complexity index is 345. The summed E-state index contributed by atoms with van der Waals surface area (Å²) in [6.07, 6.45) is 4.64. The van der Waals surface area contributed by atoms with Gasteiger partial charge in [0, 0.05) is 6.42 Å². The molecule has 92 valence electrons. The fraction of sp³-hybridized carbons (Fsp3) is 0.333. The number of ether oxygens (including phenoxy) is 2. The molecule has 0 amide bonds. The van der Waals surface area contributed by atoms with Crippen molar-refractivity contribution < 1.29 is 9.47 Å². The van der Waals surface area contributed by atoms with Gasteiger partial charge in [0.2, 0.25) is 5.79 Å². The van der Waals surface area contributed by atoms with Crippen molar-refractivity contribution in [3.8, 4) is 0 Å². The van der Waals surface area contributed by atoms with Crippen LogP contribution in [-0.4, -0.2) is 12.4 Å². The molecule has 0 bridgehead atoms. The lowest BCUT2D eigenvalue weighted by atomic mass is 10.1. The molecule has 0 fully saturated rings. The molecule has 1 aromatic carbocycles. The van der Waals surface area contributed by atoms with E-state index in [9.17, 15) is 0 Å². The SMILES string of the molecule is C=COC(C=C)(CC)OCCc1ccccc1. The van der Waals surface area contributed by atoms with Gasteiger partial charge in [-0.05, 0) is 18.1 Å². The predicted octanol–water partition coefficient (Wildman–Crippen LogP) is 3.70. The summed E-state index contributed by atoms with van der Waals surface area (Å²) in [5.41, 5.74) is 1.25. The minimum Gasteiger partial charge on any atom is -0.467 e. The molecule has 1 rings (SSSR count). The summed E-state index contributed by atoms with van der Waals surface area (Å²) in [7, 11) is 0. The van der Waals surface area contributed by atoms with Crippen molar-refractivity contribution >= 4 is 0 Å². The molecule has 0 spiro atoms. The van der Waals surface area contributed by atoms with Crippen LogP contribution in [0.15, 0.2) is 55.8 Å². The highest BCUT2D eigenvalue weighted by Crippen LogP contribution is 2.20. The van der Waals surface area contributed by atoms with Gasteiger partial charge in [-0.25, -0.2) is 0 Å². The topological polar surface area (TPSA) is 18.5 Å². The van der Waals surface area contributed by atoms with Crippen LogP contribution in [-0.2, 0) is 15.9 Å². The first kappa shape index (κ1) is 13.5. The molecular weight excluding hydrogens is 212 g/mol. The van der Waals surface area contributed by atoms with Crippen LogP contribution in [0.5, 0.6) is 0 Å². The average Bonchev–Trinajstić information content (AvgIpc) is 2.39. The summed E-state index contributed by atoms with van der Waals surface area (Å²) in [6.45, 7) is 9.90. The van der Waals surface area contributed by atoms with Crippen molar-refractivity contribution in [2.24, 2.45) is 0 Å². The normalized spacial score (nSPS) is 13.7. The van der Waals surface area contributed by atoms with Crippen molar-refractivity contribution in [3.63, 3.8) is 0 Å². The summed E-state index contributed by atoms with van der Waals surface area (Å²) in [6, 6.07) is 10.2. The van der Waals surface area contributed by atoms with Crippen molar-refractivity contribution in [2.45, 2.75) is 25.6 Å². The second kappa shape index (κ2) is 6.92. The molecule has 0 saturated carbocycles. The van der Waals surface area contributed by atoms with Crippen molar-refractivity contribution in [1.82, 2.24) is 0 Å². The molecule has 1 atom stereocenters. The molecule has 2 nitrogen and oxygen atoms in total. The Kier molecular flexibility index (Phi) is 5.50. The summed E-state index contributed by atoms with van der Waals surface area (Å²) >= 11 is 0. The van der Waals surface area contributed by atoms with Gasteiger partial charge in [-0.2, -0.15) is 0 Å². The number of benzene rings is 1. The zero-order chi connectivity index (χ0) is 12.6. The maximum absolute atomic E-state index is 5.76. The fourth-order valence-electron chi connectivity index (χ4n) is 1.60. The Morgan fingerprint density at radius 2 is 1.94 bits per heavy atom. The van der Waals surface area contributed by atoms with E-state index in [1.807, 2.05) is 25.1 Å². The summed E-state index contributed by atoms with van der Waals surface area (Å²) < 4.78 is 11.2. The van der Waals surface area contributed by atoms with Gasteiger partial charge in [0.05, 0.1) is 12.9 Å². The Morgan fingerprint density at radius 3 is 2.47 bits per heavy atom. The molecule has 2 heteroatoms. The van der Waals surface area contributed by atoms with E-state index in [1.54, 1.807) is 6.08 Å². The van der Waals surface area contributed by atoms with E-state index in [4.69, 9.17) is 9.47 Å². The van der Waals surface area contributed by atoms with Gasteiger partial charge in [-0.3, -0.25) is 0 Å². The molecule has 0 aliphatic heterocycles. The monoisotopic (exact) mass is 232 g/mol. The molecule has 1 unspecified atom stereocenters. The average molecular weight is 232 g/mol. The van der Waals surface area contributed by atoms with Crippen LogP contribution in [0.1, 0.15) is 18.9 Å². The van der Waals surface area contributed by atoms with Crippen LogP contribution in [0.4, 0.5) is 0 Å². The molecule has 0 heterocycles. The molecule has 0 aliphatic rings. The van der Waals surface area contributed by atoms with Crippen LogP contribution in [0.2, 0.25) is 0 Å². The maximum Gasteiger partial charge on any atom is 0.228 e. The zero-order valence-electron chi connectivity index (χ0n) is 10.4. The molecule has 0 aromatic heterocycles. The Labute approximate surface area is 104 Å². The Morgan fingerprint density at radius 1 is 1.24 bits per heavy atom. The lowest BCUT2D eigenvalue weighted by Crippen LogP contribution is -2.31. The predicted molar refractivity (Wildman–Crippen MR) is 70.6 cm³/mol. The highest BCUT2D eigenvalue weighted by molar-refractivity contribution is 5.14. The minimum absolute atomic E-state index is 0.595. The van der Waals surface area contributed by atoms with Gasteiger partial charge < -0.3 is 9.47 Å². The summed E-state index contributed by atoms with van der Waals surface area (Å²) in [5.74, 6) is -0.740. The van der Waals surface area contributed by atoms with Crippen LogP contribution in [0.25, 0.3) is 0 Å². The first-order valence-electron chi connectivity index (χ1n) is 5.86. The quantitative estimate of drug-likeness (QED) is 0.386. The van der Waals surface area contributed by atoms with E-state index >= 15 is 0 Å². The smallest absolute Gasteiger partial charge is 0.228 e. The Balaban J connectivity index is 2.47. The molecule has 0 radical (unpaired) electrons. The van der Waals surface area contributed by atoms with Gasteiger partial charge in [-0.15, -0.1) is 0 Å². The second-order valence-electron chi connectivity index (χ2n) is 3.74. The van der Waals surface area contributed by atoms with E-state index in [1.165, 1.54) is 11.8 Å². The molecule has 1 aromatic rings. The van der Waals surface area contributed by atoms with Crippen molar-refractivity contribution in [2.75, 3.05) is 6.61 Å². The molecule has 17 heavy (non-hydrogen) atoms. The Hall–Kier alpha value is -1.54. The minimum atomic E-state index is -0.740. The highest BCUT2D eigenvalue weighted by Gasteiger charge is 2.25. The first-order valence-corrected chi connectivity index (χ1v) is 5.86. The zero-order valence-corrected chi connectivity index (χ0v) is 10.4. The van der Waals surface area contributed by atoms with E-state index in [0.29, 0.717) is 13.0 Å². The third-order valence-electron chi connectivity index (χ3n) is 2.67. The van der Waals surface area contributed by atoms with Crippen LogP contribution < -0.4 is 0 Å². The molecule has 0 N–H and O–H groups in total. The van der Waals surface area contributed by atoms with Crippen LogP contribution >= 0.6 is 0 Å². The van der Waals surface area contributed by atoms with Crippen molar-refractivity contribution in [1.29, 1.82) is 0 Å². The molecule has 0 aliphatic carbocycles. The highest BCUT2D eigenvalue weighted by atomic mass is 16.7. The van der Waals surface area contributed by atoms with Gasteiger partial charge in [0.25, 0.3) is 0 Å². The van der Waals surface area contributed by atoms with Gasteiger partial charge in [0.1, 0.15) is 0 Å². The number of rotatable bonds is 8. The third-order valence-corrected chi connectivity index (χ3v) is 2.67. The largest absolute Gasteiger partial charge is 0.467 e. The van der Waals surface area contributed by atoms with Crippen LogP contribution in [0.3, 0.4) is 0 Å². The summed E-state index contributed by atoms with van der Waals surface area (Å²) in [4.78, 5) is 0. The fourth-order valence-corrected chi connectivity index (χ4v) is 1.60. The van der Waals surface area contributed by atoms with E-state index in [-0.39, 0.29) is 0 Å². The second-order valence-corrected chi connectivity index (χ2v) is 3.74. The van der Waals surface area contributed by atoms with Crippen molar-refractivity contribution in [3.05, 3.63) is 61.4 Å². The third kappa shape index (κ3) is 4.08. The standard InChI is InChI=1S/C15H20O2/c1-4-15(5-2,16-6-3)17-13-12-14-10-8-7-9-11-14/h4,6-11H,1,3,5,12-13H2,2H3. The van der Waals surface area contributed by atoms with E-state index in [2.05, 4.69) is 25.3 Å². The lowest BCUT2D eigenvalue weighted by Gasteiger charge is -2.28. The van der Waals surface area contributed by atoms with E-state index in [0.717, 1.165) is 6.42 Å². The van der Waals surface area contributed by atoms with Gasteiger partial charge >= 0.3 is 0 Å². The van der Waals surface area contributed by atoms with Crippen LogP contribution in [0, 0.1) is 0 Å². The number of hydrogen-bond donors (Lipinski definition) is 0.